The van der Waals surface area contributed by atoms with Gasteiger partial charge in [0.25, 0.3) is 0 Å². The Balaban J connectivity index is 2.58. The van der Waals surface area contributed by atoms with Crippen LogP contribution < -0.4 is 5.73 Å². The first-order valence-corrected chi connectivity index (χ1v) is 3.85. The summed E-state index contributed by atoms with van der Waals surface area (Å²) in [7, 11) is 1.92. The van der Waals surface area contributed by atoms with Gasteiger partial charge in [0, 0.05) is 13.2 Å². The molecule has 0 unspecified atom stereocenters. The molecule has 66 valence electrons. The van der Waals surface area contributed by atoms with Gasteiger partial charge in [-0.25, -0.2) is 4.39 Å². The maximum Gasteiger partial charge on any atom is 0.123 e. The molecule has 0 aliphatic heterocycles. The van der Waals surface area contributed by atoms with Crippen LogP contribution in [0, 0.1) is 5.82 Å². The van der Waals surface area contributed by atoms with E-state index in [1.807, 2.05) is 11.9 Å². The van der Waals surface area contributed by atoms with E-state index >= 15 is 0 Å². The van der Waals surface area contributed by atoms with Crippen LogP contribution in [0.5, 0.6) is 0 Å². The van der Waals surface area contributed by atoms with Gasteiger partial charge in [0.15, 0.2) is 0 Å². The number of nitrogens with zero attached hydrogens (tertiary/aromatic N) is 1. The van der Waals surface area contributed by atoms with Gasteiger partial charge in [0.2, 0.25) is 0 Å². The second-order valence-electron chi connectivity index (χ2n) is 2.82. The molecule has 0 amide bonds. The lowest BCUT2D eigenvalue weighted by atomic mass is 10.2. The fraction of sp³-hybridized carbons (Fsp3) is 0.333. The Bertz CT molecular complexity index is 233. The lowest BCUT2D eigenvalue weighted by Crippen LogP contribution is -2.24. The van der Waals surface area contributed by atoms with E-state index in [4.69, 9.17) is 5.73 Å². The highest BCUT2D eigenvalue weighted by atomic mass is 19.1. The molecule has 1 rings (SSSR count). The maximum absolute atomic E-state index is 12.5. The van der Waals surface area contributed by atoms with Gasteiger partial charge in [-0.15, -0.1) is 0 Å². The fourth-order valence-electron chi connectivity index (χ4n) is 0.966. The van der Waals surface area contributed by atoms with Gasteiger partial charge in [-0.2, -0.15) is 0 Å². The zero-order chi connectivity index (χ0) is 8.97. The molecule has 0 saturated heterocycles. The summed E-state index contributed by atoms with van der Waals surface area (Å²) in [4.78, 5) is 1.95. The summed E-state index contributed by atoms with van der Waals surface area (Å²) in [6.45, 7) is 1.27. The largest absolute Gasteiger partial charge is 0.318 e. The first-order valence-electron chi connectivity index (χ1n) is 3.85. The highest BCUT2D eigenvalue weighted by Crippen LogP contribution is 2.04. The van der Waals surface area contributed by atoms with Crippen molar-refractivity contribution in [1.29, 1.82) is 0 Å². The lowest BCUT2D eigenvalue weighted by molar-refractivity contribution is 0.337. The lowest BCUT2D eigenvalue weighted by Gasteiger charge is -2.12. The van der Waals surface area contributed by atoms with Crippen molar-refractivity contribution in [2.24, 2.45) is 5.73 Å². The first kappa shape index (κ1) is 9.16. The smallest absolute Gasteiger partial charge is 0.123 e. The monoisotopic (exact) mass is 168 g/mol. The molecule has 3 heteroatoms. The van der Waals surface area contributed by atoms with Crippen molar-refractivity contribution in [2.45, 2.75) is 6.54 Å². The topological polar surface area (TPSA) is 29.3 Å². The van der Waals surface area contributed by atoms with Crippen molar-refractivity contribution in [3.05, 3.63) is 35.6 Å². The number of rotatable bonds is 3. The third kappa shape index (κ3) is 2.60. The molecule has 0 radical (unpaired) electrons. The second-order valence-corrected chi connectivity index (χ2v) is 2.82. The predicted octanol–water partition coefficient (Wildman–Crippen LogP) is 1.17. The molecule has 0 aliphatic rings. The van der Waals surface area contributed by atoms with Crippen molar-refractivity contribution in [3.63, 3.8) is 0 Å². The normalized spacial score (nSPS) is 10.7. The summed E-state index contributed by atoms with van der Waals surface area (Å²) in [5.41, 5.74) is 6.48. The molecule has 0 heterocycles. The van der Waals surface area contributed by atoms with Crippen molar-refractivity contribution in [1.82, 2.24) is 4.90 Å². The zero-order valence-electron chi connectivity index (χ0n) is 7.13. The van der Waals surface area contributed by atoms with Crippen LogP contribution >= 0.6 is 0 Å². The maximum atomic E-state index is 12.5. The van der Waals surface area contributed by atoms with Crippen LogP contribution in [-0.2, 0) is 6.54 Å². The van der Waals surface area contributed by atoms with Gasteiger partial charge in [-0.3, -0.25) is 4.90 Å². The van der Waals surface area contributed by atoms with Crippen molar-refractivity contribution in [3.8, 4) is 0 Å². The highest BCUT2D eigenvalue weighted by molar-refractivity contribution is 5.15. The van der Waals surface area contributed by atoms with Gasteiger partial charge in [-0.05, 0) is 24.7 Å². The van der Waals surface area contributed by atoms with E-state index in [2.05, 4.69) is 0 Å². The Labute approximate surface area is 71.8 Å². The molecule has 2 nitrogen and oxygen atoms in total. The molecule has 0 spiro atoms. The molecular formula is C9H13FN2. The molecule has 1 aromatic rings. The summed E-state index contributed by atoms with van der Waals surface area (Å²) in [5, 5.41) is 0. The van der Waals surface area contributed by atoms with Crippen LogP contribution in [0.4, 0.5) is 4.39 Å². The average Bonchev–Trinajstić information content (AvgIpc) is 2.09. The quantitative estimate of drug-likeness (QED) is 0.686. The molecule has 0 saturated carbocycles. The van der Waals surface area contributed by atoms with E-state index in [0.29, 0.717) is 6.67 Å². The summed E-state index contributed by atoms with van der Waals surface area (Å²) >= 11 is 0. The van der Waals surface area contributed by atoms with E-state index in [1.54, 1.807) is 12.1 Å². The van der Waals surface area contributed by atoms with Crippen molar-refractivity contribution >= 4 is 0 Å². The Kier molecular flexibility index (Phi) is 3.19. The van der Waals surface area contributed by atoms with Crippen LogP contribution in [0.1, 0.15) is 5.56 Å². The van der Waals surface area contributed by atoms with Crippen molar-refractivity contribution in [2.75, 3.05) is 13.7 Å². The first-order chi connectivity index (χ1) is 5.72. The van der Waals surface area contributed by atoms with Crippen LogP contribution in [0.15, 0.2) is 24.3 Å². The van der Waals surface area contributed by atoms with E-state index in [9.17, 15) is 4.39 Å². The Morgan fingerprint density at radius 3 is 2.42 bits per heavy atom. The number of halogens is 1. The number of hydrogen-bond acceptors (Lipinski definition) is 2. The third-order valence-electron chi connectivity index (χ3n) is 1.68. The second kappa shape index (κ2) is 4.18. The molecule has 12 heavy (non-hydrogen) atoms. The third-order valence-corrected chi connectivity index (χ3v) is 1.68. The standard InChI is InChI=1S/C9H13FN2/c1-12(7-11)6-8-2-4-9(10)5-3-8/h2-5H,6-7,11H2,1H3. The molecule has 0 aliphatic carbocycles. The van der Waals surface area contributed by atoms with Gasteiger partial charge in [0.05, 0.1) is 0 Å². The molecule has 0 fully saturated rings. The number of hydrogen-bond donors (Lipinski definition) is 1. The molecule has 0 atom stereocenters. The SMILES string of the molecule is CN(CN)Cc1ccc(F)cc1. The van der Waals surface area contributed by atoms with E-state index in [1.165, 1.54) is 12.1 Å². The summed E-state index contributed by atoms with van der Waals surface area (Å²) in [6.07, 6.45) is 0. The van der Waals surface area contributed by atoms with Gasteiger partial charge < -0.3 is 5.73 Å². The van der Waals surface area contributed by atoms with E-state index in [-0.39, 0.29) is 5.82 Å². The van der Waals surface area contributed by atoms with Gasteiger partial charge in [0.1, 0.15) is 5.82 Å². The summed E-state index contributed by atoms with van der Waals surface area (Å²) < 4.78 is 12.5. The number of nitrogens with two attached hydrogens (primary N) is 1. The minimum Gasteiger partial charge on any atom is -0.318 e. The van der Waals surface area contributed by atoms with E-state index in [0.717, 1.165) is 12.1 Å². The van der Waals surface area contributed by atoms with Gasteiger partial charge >= 0.3 is 0 Å². The number of benzene rings is 1. The molecule has 1 aromatic carbocycles. The van der Waals surface area contributed by atoms with Crippen LogP contribution in [0.3, 0.4) is 0 Å². The highest BCUT2D eigenvalue weighted by Gasteiger charge is 1.97. The van der Waals surface area contributed by atoms with E-state index < -0.39 is 0 Å². The minimum atomic E-state index is -0.200. The van der Waals surface area contributed by atoms with Crippen LogP contribution in [-0.4, -0.2) is 18.6 Å². The van der Waals surface area contributed by atoms with Crippen LogP contribution in [0.2, 0.25) is 0 Å². The Hall–Kier alpha value is -0.930. The molecule has 2 N–H and O–H groups in total. The zero-order valence-corrected chi connectivity index (χ0v) is 7.13. The minimum absolute atomic E-state index is 0.200. The van der Waals surface area contributed by atoms with Crippen molar-refractivity contribution < 1.29 is 4.39 Å². The molecular weight excluding hydrogens is 155 g/mol. The molecule has 0 bridgehead atoms. The fourth-order valence-corrected chi connectivity index (χ4v) is 0.966. The summed E-state index contributed by atoms with van der Waals surface area (Å²) in [6, 6.07) is 6.45. The Morgan fingerprint density at radius 1 is 1.33 bits per heavy atom. The predicted molar refractivity (Wildman–Crippen MR) is 46.9 cm³/mol. The summed E-state index contributed by atoms with van der Waals surface area (Å²) in [5.74, 6) is -0.200. The average molecular weight is 168 g/mol. The molecule has 0 aromatic heterocycles. The van der Waals surface area contributed by atoms with Gasteiger partial charge in [-0.1, -0.05) is 12.1 Å². The Morgan fingerprint density at radius 2 is 1.92 bits per heavy atom. The van der Waals surface area contributed by atoms with Crippen LogP contribution in [0.25, 0.3) is 0 Å².